The molecule has 0 nitrogen and oxygen atoms in total. The first-order chi connectivity index (χ1) is 21.0. The van der Waals surface area contributed by atoms with Crippen molar-refractivity contribution in [1.82, 2.24) is 0 Å². The van der Waals surface area contributed by atoms with E-state index in [1.807, 2.05) is 0 Å². The van der Waals surface area contributed by atoms with Crippen LogP contribution >= 0.6 is 24.8 Å². The molecule has 2 aliphatic carbocycles. The fourth-order valence-corrected chi connectivity index (χ4v) is 29.6. The van der Waals surface area contributed by atoms with E-state index in [2.05, 4.69) is 163 Å². The molecule has 47 heavy (non-hydrogen) atoms. The van der Waals surface area contributed by atoms with Crippen LogP contribution in [0.15, 0.2) is 83.9 Å². The van der Waals surface area contributed by atoms with Gasteiger partial charge in [0.15, 0.2) is 0 Å². The Morgan fingerprint density at radius 1 is 0.681 bits per heavy atom. The monoisotopic (exact) mass is 758 g/mol. The maximum absolute atomic E-state index is 3.70. The van der Waals surface area contributed by atoms with E-state index in [1.54, 1.807) is 22.3 Å². The van der Waals surface area contributed by atoms with Crippen molar-refractivity contribution >= 4 is 43.8 Å². The molecule has 0 spiro atoms. The van der Waals surface area contributed by atoms with Crippen LogP contribution in [-0.4, -0.2) is 6.88 Å². The van der Waals surface area contributed by atoms with Gasteiger partial charge in [0.05, 0.1) is 0 Å². The second-order valence-corrected chi connectivity index (χ2v) is 47.2. The van der Waals surface area contributed by atoms with Crippen molar-refractivity contribution in [3.05, 3.63) is 128 Å². The summed E-state index contributed by atoms with van der Waals surface area (Å²) in [5, 5.41) is 0. The van der Waals surface area contributed by atoms with E-state index in [0.29, 0.717) is 13.2 Å². The first kappa shape index (κ1) is 37.9. The molecule has 4 aromatic carbocycles. The molecule has 248 valence electrons. The molecule has 2 atom stereocenters. The van der Waals surface area contributed by atoms with E-state index in [-0.39, 0.29) is 30.2 Å². The molecule has 2 aliphatic rings. The Morgan fingerprint density at radius 2 is 1.28 bits per heavy atom. The summed E-state index contributed by atoms with van der Waals surface area (Å²) >= 11 is -3.70. The summed E-state index contributed by atoms with van der Waals surface area (Å²) in [6.07, 6.45) is 5.18. The quantitative estimate of drug-likeness (QED) is 0.178. The Hall–Kier alpha value is -1.96. The largest absolute Gasteiger partial charge is 0.147 e. The third-order valence-electron chi connectivity index (χ3n) is 10.9. The average Bonchev–Trinajstić information content (AvgIpc) is 3.52. The number of rotatable bonds is 5. The zero-order valence-corrected chi connectivity index (χ0v) is 35.8. The molecule has 0 saturated carbocycles. The van der Waals surface area contributed by atoms with E-state index in [1.165, 1.54) is 55.6 Å². The maximum Gasteiger partial charge on any atom is -0.147 e. The zero-order valence-electron chi connectivity index (χ0n) is 30.3. The molecule has 2 unspecified atom stereocenters. The summed E-state index contributed by atoms with van der Waals surface area (Å²) < 4.78 is 6.58. The molecule has 0 heterocycles. The van der Waals surface area contributed by atoms with E-state index in [0.717, 1.165) is 0 Å². The SMILES string of the molecule is CC1=Cc2c(-c3ccc(C(C)(C)C)cc3)ccc(C)c2[CH]1[Zr]([CH3])([CH3])(=[SiH2])[CH]1C(C(C)C)=Cc2c(-c3cc(C)cc(C)c3)cccc21.Cl.Cl. The van der Waals surface area contributed by atoms with Crippen LogP contribution in [0, 0.1) is 26.7 Å². The van der Waals surface area contributed by atoms with Gasteiger partial charge in [-0.3, -0.25) is 0 Å². The van der Waals surface area contributed by atoms with Crippen LogP contribution in [0.4, 0.5) is 0 Å². The Bertz CT molecular complexity index is 1960. The molecule has 0 bridgehead atoms. The van der Waals surface area contributed by atoms with Crippen LogP contribution in [0.25, 0.3) is 34.4 Å². The number of allylic oxidation sites excluding steroid dienone is 2. The number of fused-ring (bicyclic) bond motifs is 2. The summed E-state index contributed by atoms with van der Waals surface area (Å²) in [6, 6.07) is 28.3. The Morgan fingerprint density at radius 3 is 1.85 bits per heavy atom. The molecule has 0 N–H and O–H groups in total. The number of hydrogen-bond donors (Lipinski definition) is 0. The van der Waals surface area contributed by atoms with Gasteiger partial charge in [-0.1, -0.05) is 0 Å². The number of halogens is 2. The van der Waals surface area contributed by atoms with Crippen molar-refractivity contribution in [2.24, 2.45) is 5.92 Å². The second-order valence-electron chi connectivity index (χ2n) is 16.8. The van der Waals surface area contributed by atoms with Gasteiger partial charge < -0.3 is 0 Å². The van der Waals surface area contributed by atoms with E-state index in [4.69, 9.17) is 0 Å². The molecular weight excluding hydrogens is 707 g/mol. The molecule has 0 aliphatic heterocycles. The molecule has 4 heteroatoms. The molecular formula is C43H54Cl2SiZr. The number of benzene rings is 4. The maximum atomic E-state index is 2.78. The molecule has 4 aromatic rings. The van der Waals surface area contributed by atoms with Crippen LogP contribution in [0.1, 0.15) is 93.3 Å². The second kappa shape index (κ2) is 13.1. The van der Waals surface area contributed by atoms with Crippen LogP contribution in [0.5, 0.6) is 0 Å². The minimum absolute atomic E-state index is 0. The predicted molar refractivity (Wildman–Crippen MR) is 213 cm³/mol. The van der Waals surface area contributed by atoms with Crippen molar-refractivity contribution in [2.75, 3.05) is 0 Å². The van der Waals surface area contributed by atoms with Gasteiger partial charge in [0.1, 0.15) is 0 Å². The van der Waals surface area contributed by atoms with Gasteiger partial charge in [-0.05, 0) is 0 Å². The fraction of sp³-hybridized carbons (Fsp3) is 0.349. The van der Waals surface area contributed by atoms with Gasteiger partial charge in [0, 0.05) is 0 Å². The van der Waals surface area contributed by atoms with Crippen LogP contribution in [0.2, 0.25) is 9.26 Å². The zero-order chi connectivity index (χ0) is 32.7. The minimum atomic E-state index is -3.70. The molecule has 6 rings (SSSR count). The van der Waals surface area contributed by atoms with Crippen LogP contribution in [0.3, 0.4) is 0 Å². The van der Waals surface area contributed by atoms with E-state index >= 15 is 0 Å². The summed E-state index contributed by atoms with van der Waals surface area (Å²) in [5.74, 6) is 0.505. The third-order valence-corrected chi connectivity index (χ3v) is 28.4. The van der Waals surface area contributed by atoms with Crippen molar-refractivity contribution in [2.45, 2.75) is 84.2 Å². The van der Waals surface area contributed by atoms with Gasteiger partial charge in [-0.25, -0.2) is 0 Å². The first-order valence-corrected chi connectivity index (χ1v) is 30.6. The van der Waals surface area contributed by atoms with Crippen molar-refractivity contribution in [3.8, 4) is 22.3 Å². The van der Waals surface area contributed by atoms with E-state index < -0.39 is 17.4 Å². The van der Waals surface area contributed by atoms with Crippen molar-refractivity contribution in [1.29, 1.82) is 0 Å². The smallest absolute Gasteiger partial charge is 0.147 e. The average molecular weight is 761 g/mol. The van der Waals surface area contributed by atoms with Gasteiger partial charge in [0.2, 0.25) is 0 Å². The van der Waals surface area contributed by atoms with E-state index in [9.17, 15) is 0 Å². The van der Waals surface area contributed by atoms with Crippen molar-refractivity contribution < 1.29 is 17.4 Å². The Labute approximate surface area is 299 Å². The van der Waals surface area contributed by atoms with Gasteiger partial charge in [-0.2, -0.15) is 0 Å². The predicted octanol–water partition coefficient (Wildman–Crippen LogP) is 12.7. The first-order valence-electron chi connectivity index (χ1n) is 16.9. The van der Waals surface area contributed by atoms with Gasteiger partial charge in [0.25, 0.3) is 0 Å². The van der Waals surface area contributed by atoms with Crippen molar-refractivity contribution in [3.63, 3.8) is 0 Å². The fourth-order valence-electron chi connectivity index (χ4n) is 8.98. The van der Waals surface area contributed by atoms with Gasteiger partial charge >= 0.3 is 277 Å². The Balaban J connectivity index is 0.00000250. The Kier molecular flexibility index (Phi) is 10.5. The summed E-state index contributed by atoms with van der Waals surface area (Å²) in [7, 11) is 0. The standard InChI is InChI=1S/C21H23.C20H21.2CH3.2ClH.H2Si.Zr/c1-14-12-19-15(2)6-11-18(20(19)13-14)16-7-9-17(10-8-16)21(3,4)5;1-13(2)17-11-16-6-5-7-19(20(16)12-17)18-9-14(3)8-15(4)10-18;;;;;;/h6-13H,1-5H3;5-13H,1-4H3;2*1H3;2*1H;1H2;. The molecule has 0 fully saturated rings. The number of hydrogen-bond acceptors (Lipinski definition) is 0. The molecule has 0 radical (unpaired) electrons. The summed E-state index contributed by atoms with van der Waals surface area (Å²) in [5.41, 5.74) is 20.5. The normalized spacial score (nSPS) is 17.4. The molecule has 0 amide bonds. The van der Waals surface area contributed by atoms with Gasteiger partial charge in [-0.15, -0.1) is 24.8 Å². The summed E-state index contributed by atoms with van der Waals surface area (Å²) in [4.78, 5) is 0. The summed E-state index contributed by atoms with van der Waals surface area (Å²) in [6.45, 7) is 23.4. The minimum Gasteiger partial charge on any atom is -0.147 e. The van der Waals surface area contributed by atoms with Crippen LogP contribution in [-0.2, 0) is 22.8 Å². The third kappa shape index (κ3) is 6.55. The molecule has 0 aromatic heterocycles. The molecule has 0 saturated heterocycles. The number of aryl methyl sites for hydroxylation is 3. The topological polar surface area (TPSA) is 0 Å². The van der Waals surface area contributed by atoms with Crippen LogP contribution < -0.4 is 0 Å².